The summed E-state index contributed by atoms with van der Waals surface area (Å²) in [5, 5.41) is 2.67. The van der Waals surface area contributed by atoms with E-state index in [9.17, 15) is 9.59 Å². The predicted molar refractivity (Wildman–Crippen MR) is 77.2 cm³/mol. The van der Waals surface area contributed by atoms with E-state index in [4.69, 9.17) is 9.47 Å². The van der Waals surface area contributed by atoms with Crippen molar-refractivity contribution in [3.8, 4) is 11.5 Å². The summed E-state index contributed by atoms with van der Waals surface area (Å²) in [5.41, 5.74) is 1.07. The van der Waals surface area contributed by atoms with Gasteiger partial charge in [-0.15, -0.1) is 0 Å². The third kappa shape index (κ3) is 1.93. The lowest BCUT2D eigenvalue weighted by atomic mass is 9.86. The molecule has 1 aromatic carbocycles. The van der Waals surface area contributed by atoms with Crippen LogP contribution in [0.3, 0.4) is 0 Å². The third-order valence-corrected chi connectivity index (χ3v) is 3.87. The molecule has 1 aromatic heterocycles. The smallest absolute Gasteiger partial charge is 0.256 e. The first-order valence-corrected chi connectivity index (χ1v) is 6.92. The van der Waals surface area contributed by atoms with Crippen LogP contribution in [-0.2, 0) is 4.79 Å². The average molecular weight is 299 g/mol. The Labute approximate surface area is 125 Å². The summed E-state index contributed by atoms with van der Waals surface area (Å²) in [7, 11) is 0. The fourth-order valence-electron chi connectivity index (χ4n) is 2.90. The minimum absolute atomic E-state index is 0.160. The molecule has 2 aliphatic rings. The van der Waals surface area contributed by atoms with Gasteiger partial charge >= 0.3 is 0 Å². The second-order valence-electron chi connectivity index (χ2n) is 5.33. The lowest BCUT2D eigenvalue weighted by Crippen LogP contribution is -2.31. The number of nitrogens with one attached hydrogen (secondary N) is 2. The van der Waals surface area contributed by atoms with Crippen molar-refractivity contribution in [1.29, 1.82) is 0 Å². The van der Waals surface area contributed by atoms with E-state index in [2.05, 4.69) is 15.3 Å². The van der Waals surface area contributed by atoms with Crippen LogP contribution in [-0.4, -0.2) is 22.7 Å². The van der Waals surface area contributed by atoms with Crippen molar-refractivity contribution in [1.82, 2.24) is 9.97 Å². The molecular formula is C15H13N3O4. The number of hydrogen-bond acceptors (Lipinski definition) is 5. The Morgan fingerprint density at radius 3 is 2.91 bits per heavy atom. The number of carbonyl (C=O) groups is 1. The van der Waals surface area contributed by atoms with Gasteiger partial charge in [0.25, 0.3) is 5.56 Å². The molecule has 0 spiro atoms. The lowest BCUT2D eigenvalue weighted by molar-refractivity contribution is -0.116. The standard InChI is InChI=1S/C15H13N3O4/c1-7-16-14-13(15(20)17-7)9(5-12(19)18-14)8-2-3-10-11(4-8)22-6-21-10/h2-4,9H,5-6H2,1H3,(H2,16,17,18,19,20)/t9-/m1/s1. The largest absolute Gasteiger partial charge is 0.454 e. The molecule has 1 amide bonds. The summed E-state index contributed by atoms with van der Waals surface area (Å²) in [6.45, 7) is 1.86. The highest BCUT2D eigenvalue weighted by Gasteiger charge is 2.31. The molecule has 0 radical (unpaired) electrons. The van der Waals surface area contributed by atoms with E-state index >= 15 is 0 Å². The number of amides is 1. The van der Waals surface area contributed by atoms with Crippen LogP contribution in [0.25, 0.3) is 0 Å². The number of rotatable bonds is 1. The molecule has 0 unspecified atom stereocenters. The molecule has 1 atom stereocenters. The molecule has 2 aliphatic heterocycles. The van der Waals surface area contributed by atoms with Crippen molar-refractivity contribution in [2.45, 2.75) is 19.3 Å². The summed E-state index contributed by atoms with van der Waals surface area (Å²) in [6.07, 6.45) is 0.195. The highest BCUT2D eigenvalue weighted by atomic mass is 16.7. The summed E-state index contributed by atoms with van der Waals surface area (Å²) in [4.78, 5) is 31.2. The molecule has 0 bridgehead atoms. The summed E-state index contributed by atoms with van der Waals surface area (Å²) in [5.74, 6) is 1.58. The maximum absolute atomic E-state index is 12.3. The van der Waals surface area contributed by atoms with E-state index in [0.29, 0.717) is 28.7 Å². The normalized spacial score (nSPS) is 18.8. The molecule has 3 heterocycles. The predicted octanol–water partition coefficient (Wildman–Crippen LogP) is 1.28. The Morgan fingerprint density at radius 1 is 1.23 bits per heavy atom. The number of aromatic amines is 1. The fraction of sp³-hybridized carbons (Fsp3) is 0.267. The zero-order valence-electron chi connectivity index (χ0n) is 11.8. The van der Waals surface area contributed by atoms with E-state index in [-0.39, 0.29) is 30.6 Å². The van der Waals surface area contributed by atoms with Crippen molar-refractivity contribution in [3.63, 3.8) is 0 Å². The Bertz CT molecular complexity index is 843. The zero-order valence-corrected chi connectivity index (χ0v) is 11.8. The molecule has 2 aromatic rings. The number of benzene rings is 1. The highest BCUT2D eigenvalue weighted by Crippen LogP contribution is 2.39. The number of ether oxygens (including phenoxy) is 2. The molecule has 2 N–H and O–H groups in total. The van der Waals surface area contributed by atoms with Gasteiger partial charge in [-0.05, 0) is 24.6 Å². The molecule has 112 valence electrons. The Hall–Kier alpha value is -2.83. The van der Waals surface area contributed by atoms with Gasteiger partial charge in [-0.2, -0.15) is 0 Å². The van der Waals surface area contributed by atoms with Crippen molar-refractivity contribution in [3.05, 3.63) is 45.5 Å². The van der Waals surface area contributed by atoms with Crippen LogP contribution in [0.5, 0.6) is 11.5 Å². The molecular weight excluding hydrogens is 286 g/mol. The first kappa shape index (κ1) is 12.9. The van der Waals surface area contributed by atoms with Gasteiger partial charge in [-0.25, -0.2) is 4.98 Å². The van der Waals surface area contributed by atoms with Gasteiger partial charge in [0.2, 0.25) is 12.7 Å². The number of carbonyl (C=O) groups excluding carboxylic acids is 1. The van der Waals surface area contributed by atoms with Gasteiger partial charge in [0.1, 0.15) is 11.6 Å². The van der Waals surface area contributed by atoms with Gasteiger partial charge in [-0.1, -0.05) is 6.07 Å². The molecule has 22 heavy (non-hydrogen) atoms. The monoisotopic (exact) mass is 299 g/mol. The summed E-state index contributed by atoms with van der Waals surface area (Å²) < 4.78 is 10.7. The SMILES string of the molecule is Cc1nc2c(c(=O)[nH]1)[C@@H](c1ccc3c(c1)OCO3)CC(=O)N2. The number of aromatic nitrogens is 2. The van der Waals surface area contributed by atoms with Crippen LogP contribution in [0, 0.1) is 6.92 Å². The number of aryl methyl sites for hydroxylation is 1. The Kier molecular flexibility index (Phi) is 2.69. The quantitative estimate of drug-likeness (QED) is 0.827. The first-order chi connectivity index (χ1) is 10.6. The van der Waals surface area contributed by atoms with Crippen LogP contribution in [0.4, 0.5) is 5.82 Å². The van der Waals surface area contributed by atoms with Gasteiger partial charge in [0.05, 0.1) is 5.56 Å². The van der Waals surface area contributed by atoms with E-state index in [1.165, 1.54) is 0 Å². The molecule has 0 fully saturated rings. The van der Waals surface area contributed by atoms with Crippen LogP contribution in [0.2, 0.25) is 0 Å². The summed E-state index contributed by atoms with van der Waals surface area (Å²) in [6, 6.07) is 5.45. The lowest BCUT2D eigenvalue weighted by Gasteiger charge is -2.24. The number of anilines is 1. The number of hydrogen-bond donors (Lipinski definition) is 2. The molecule has 7 nitrogen and oxygen atoms in total. The van der Waals surface area contributed by atoms with E-state index in [1.54, 1.807) is 13.0 Å². The van der Waals surface area contributed by atoms with Crippen LogP contribution < -0.4 is 20.3 Å². The van der Waals surface area contributed by atoms with E-state index in [0.717, 1.165) is 5.56 Å². The van der Waals surface area contributed by atoms with E-state index in [1.807, 2.05) is 12.1 Å². The summed E-state index contributed by atoms with van der Waals surface area (Å²) >= 11 is 0. The topological polar surface area (TPSA) is 93.3 Å². The van der Waals surface area contributed by atoms with Crippen LogP contribution >= 0.6 is 0 Å². The zero-order chi connectivity index (χ0) is 15.3. The van der Waals surface area contributed by atoms with Crippen LogP contribution in [0.15, 0.2) is 23.0 Å². The Morgan fingerprint density at radius 2 is 2.05 bits per heavy atom. The van der Waals surface area contributed by atoms with Gasteiger partial charge < -0.3 is 19.8 Å². The van der Waals surface area contributed by atoms with Crippen molar-refractivity contribution in [2.75, 3.05) is 12.1 Å². The maximum atomic E-state index is 12.3. The molecule has 0 saturated heterocycles. The van der Waals surface area contributed by atoms with Gasteiger partial charge in [0.15, 0.2) is 11.5 Å². The number of fused-ring (bicyclic) bond motifs is 2. The molecule has 0 aliphatic carbocycles. The van der Waals surface area contributed by atoms with E-state index < -0.39 is 0 Å². The number of H-pyrrole nitrogens is 1. The second kappa shape index (κ2) is 4.59. The minimum Gasteiger partial charge on any atom is -0.454 e. The highest BCUT2D eigenvalue weighted by molar-refractivity contribution is 5.94. The van der Waals surface area contributed by atoms with Gasteiger partial charge in [0, 0.05) is 12.3 Å². The molecule has 7 heteroatoms. The van der Waals surface area contributed by atoms with Crippen molar-refractivity contribution >= 4 is 11.7 Å². The van der Waals surface area contributed by atoms with Crippen molar-refractivity contribution in [2.24, 2.45) is 0 Å². The molecule has 4 rings (SSSR count). The third-order valence-electron chi connectivity index (χ3n) is 3.87. The fourth-order valence-corrected chi connectivity index (χ4v) is 2.90. The van der Waals surface area contributed by atoms with Crippen LogP contribution in [0.1, 0.15) is 29.3 Å². The van der Waals surface area contributed by atoms with Gasteiger partial charge in [-0.3, -0.25) is 9.59 Å². The second-order valence-corrected chi connectivity index (χ2v) is 5.33. The minimum atomic E-state index is -0.352. The molecule has 0 saturated carbocycles. The number of nitrogens with zero attached hydrogens (tertiary/aromatic N) is 1. The Balaban J connectivity index is 1.87. The first-order valence-electron chi connectivity index (χ1n) is 6.92. The maximum Gasteiger partial charge on any atom is 0.256 e. The van der Waals surface area contributed by atoms with Crippen molar-refractivity contribution < 1.29 is 14.3 Å². The average Bonchev–Trinajstić information content (AvgIpc) is 2.92.